The quantitative estimate of drug-likeness (QED) is 0.462. The summed E-state index contributed by atoms with van der Waals surface area (Å²) in [5, 5.41) is 9.86. The van der Waals surface area contributed by atoms with Gasteiger partial charge in [0.25, 0.3) is 5.91 Å². The van der Waals surface area contributed by atoms with Crippen molar-refractivity contribution < 1.29 is 24.2 Å². The average Bonchev–Trinajstić information content (AvgIpc) is 3.38. The minimum atomic E-state index is -0.866. The van der Waals surface area contributed by atoms with Crippen molar-refractivity contribution in [3.05, 3.63) is 59.3 Å². The fourth-order valence-corrected chi connectivity index (χ4v) is 6.08. The average molecular weight is 562 g/mol. The summed E-state index contributed by atoms with van der Waals surface area (Å²) in [7, 11) is 1.64. The summed E-state index contributed by atoms with van der Waals surface area (Å²) in [6.45, 7) is 10.2. The van der Waals surface area contributed by atoms with Crippen molar-refractivity contribution in [3.8, 4) is 11.5 Å². The maximum absolute atomic E-state index is 13.4. The molecule has 6 rings (SSSR count). The molecule has 0 aliphatic carbocycles. The van der Waals surface area contributed by atoms with Crippen LogP contribution in [0.5, 0.6) is 11.5 Å². The number of amides is 4. The topological polar surface area (TPSA) is 109 Å². The number of H-pyrrole nitrogens is 1. The predicted molar refractivity (Wildman–Crippen MR) is 156 cm³/mol. The molecule has 10 nitrogen and oxygen atoms in total. The third-order valence-corrected chi connectivity index (χ3v) is 8.48. The summed E-state index contributed by atoms with van der Waals surface area (Å²) in [5.41, 5.74) is 3.29. The molecule has 41 heavy (non-hydrogen) atoms. The number of piperazine rings is 1. The first-order valence-electron chi connectivity index (χ1n) is 14.2. The van der Waals surface area contributed by atoms with Gasteiger partial charge in [-0.15, -0.1) is 0 Å². The van der Waals surface area contributed by atoms with Crippen LogP contribution in [0.2, 0.25) is 0 Å². The third-order valence-electron chi connectivity index (χ3n) is 8.48. The van der Waals surface area contributed by atoms with Crippen molar-refractivity contribution in [2.45, 2.75) is 45.7 Å². The summed E-state index contributed by atoms with van der Waals surface area (Å²) >= 11 is 0. The van der Waals surface area contributed by atoms with E-state index in [0.717, 1.165) is 72.6 Å². The molecule has 10 heteroatoms. The molecule has 1 atom stereocenters. The molecule has 0 radical (unpaired) electrons. The van der Waals surface area contributed by atoms with Gasteiger partial charge >= 0.3 is 6.03 Å². The van der Waals surface area contributed by atoms with Gasteiger partial charge in [-0.05, 0) is 68.3 Å². The van der Waals surface area contributed by atoms with Crippen molar-refractivity contribution in [3.63, 3.8) is 0 Å². The normalized spacial score (nSPS) is 20.5. The number of aromatic hydroxyl groups is 1. The number of ether oxygens (including phenoxy) is 1. The first-order chi connectivity index (χ1) is 19.6. The van der Waals surface area contributed by atoms with Crippen LogP contribution in [-0.4, -0.2) is 99.5 Å². The van der Waals surface area contributed by atoms with Gasteiger partial charge < -0.3 is 24.6 Å². The number of nitrogens with one attached hydrogen (secondary N) is 1. The highest BCUT2D eigenvalue weighted by atomic mass is 16.5. The summed E-state index contributed by atoms with van der Waals surface area (Å²) in [4.78, 5) is 48.9. The lowest BCUT2D eigenvalue weighted by molar-refractivity contribution is -0.133. The standard InChI is InChI=1S/C24H31N5O4.C7H8O/c1-16(30)27-11-9-26(10-12-27)7-4-8-28-22(31)24(2)14-19-18-13-17(33-3)5-6-20(18)25-21(19)15-29(24)23(28)32;1-6-3-2-4-7(8)5-6/h5-6,13,25H,4,7-12,14-15H2,1-3H3;2-5,8H,1H3/t24-;/m0./s1. The number of imide groups is 1. The second-order valence-electron chi connectivity index (χ2n) is 11.3. The second-order valence-corrected chi connectivity index (χ2v) is 11.3. The number of phenolic OH excluding ortho intramolecular Hbond substituents is 1. The Labute approximate surface area is 240 Å². The zero-order valence-electron chi connectivity index (χ0n) is 24.3. The summed E-state index contributed by atoms with van der Waals surface area (Å²) in [6.07, 6.45) is 1.22. The predicted octanol–water partition coefficient (Wildman–Crippen LogP) is 3.51. The van der Waals surface area contributed by atoms with Crippen LogP contribution in [0.3, 0.4) is 0 Å². The maximum Gasteiger partial charge on any atom is 0.328 e. The van der Waals surface area contributed by atoms with Crippen molar-refractivity contribution >= 4 is 28.7 Å². The Balaban J connectivity index is 0.000000365. The molecule has 0 unspecified atom stereocenters. The number of carbonyl (C=O) groups excluding carboxylic acids is 3. The lowest BCUT2D eigenvalue weighted by Gasteiger charge is -2.35. The zero-order valence-corrected chi connectivity index (χ0v) is 24.3. The number of aryl methyl sites for hydroxylation is 1. The molecule has 0 bridgehead atoms. The van der Waals surface area contributed by atoms with E-state index in [1.54, 1.807) is 31.1 Å². The lowest BCUT2D eigenvalue weighted by Crippen LogP contribution is -2.51. The SMILES string of the molecule is COc1ccc2[nH]c3c(c2c1)C[C@@]1(C)C(=O)N(CCCN2CCN(C(C)=O)CC2)C(=O)N1C3.Cc1cccc(O)c1. The van der Waals surface area contributed by atoms with Crippen LogP contribution in [0.25, 0.3) is 10.9 Å². The smallest absolute Gasteiger partial charge is 0.328 e. The highest BCUT2D eigenvalue weighted by molar-refractivity contribution is 6.07. The van der Waals surface area contributed by atoms with E-state index in [9.17, 15) is 14.4 Å². The van der Waals surface area contributed by atoms with E-state index in [4.69, 9.17) is 9.84 Å². The minimum Gasteiger partial charge on any atom is -0.508 e. The lowest BCUT2D eigenvalue weighted by atomic mass is 9.86. The molecular weight excluding hydrogens is 522 g/mol. The van der Waals surface area contributed by atoms with E-state index in [0.29, 0.717) is 25.3 Å². The number of urea groups is 1. The van der Waals surface area contributed by atoms with Gasteiger partial charge in [-0.2, -0.15) is 0 Å². The van der Waals surface area contributed by atoms with Crippen LogP contribution in [0.1, 0.15) is 37.1 Å². The molecular formula is C31H39N5O5. The molecule has 2 fully saturated rings. The van der Waals surface area contributed by atoms with Crippen molar-refractivity contribution in [2.75, 3.05) is 46.4 Å². The molecule has 2 N–H and O–H groups in total. The molecule has 3 aromatic rings. The Bertz CT molecular complexity index is 1440. The second kappa shape index (κ2) is 11.4. The van der Waals surface area contributed by atoms with Crippen LogP contribution < -0.4 is 4.74 Å². The van der Waals surface area contributed by atoms with Crippen LogP contribution in [-0.2, 0) is 22.6 Å². The summed E-state index contributed by atoms with van der Waals surface area (Å²) in [6, 6.07) is 12.8. The Morgan fingerprint density at radius 2 is 1.83 bits per heavy atom. The van der Waals surface area contributed by atoms with E-state index < -0.39 is 5.54 Å². The number of nitrogens with zero attached hydrogens (tertiary/aromatic N) is 4. The molecule has 2 aromatic carbocycles. The number of benzene rings is 2. The number of hydrogen-bond donors (Lipinski definition) is 2. The van der Waals surface area contributed by atoms with Gasteiger partial charge in [0.05, 0.1) is 13.7 Å². The number of phenols is 1. The fourth-order valence-electron chi connectivity index (χ4n) is 6.08. The van der Waals surface area contributed by atoms with Crippen LogP contribution in [0, 0.1) is 6.92 Å². The van der Waals surface area contributed by atoms with Gasteiger partial charge in [-0.3, -0.25) is 19.4 Å². The largest absolute Gasteiger partial charge is 0.508 e. The Kier molecular flexibility index (Phi) is 7.95. The van der Waals surface area contributed by atoms with E-state index in [2.05, 4.69) is 9.88 Å². The Morgan fingerprint density at radius 3 is 2.46 bits per heavy atom. The minimum absolute atomic E-state index is 0.114. The first-order valence-corrected chi connectivity index (χ1v) is 14.2. The van der Waals surface area contributed by atoms with E-state index in [1.807, 2.05) is 49.1 Å². The van der Waals surface area contributed by atoms with Crippen molar-refractivity contribution in [2.24, 2.45) is 0 Å². The van der Waals surface area contributed by atoms with Gasteiger partial charge in [0.2, 0.25) is 5.91 Å². The maximum atomic E-state index is 13.4. The molecule has 1 aromatic heterocycles. The number of rotatable bonds is 5. The first kappa shape index (κ1) is 28.5. The number of aromatic nitrogens is 1. The van der Waals surface area contributed by atoms with Crippen molar-refractivity contribution in [1.29, 1.82) is 0 Å². The van der Waals surface area contributed by atoms with E-state index in [-0.39, 0.29) is 17.8 Å². The van der Waals surface area contributed by atoms with Crippen molar-refractivity contribution in [1.82, 2.24) is 24.6 Å². The highest BCUT2D eigenvalue weighted by Crippen LogP contribution is 2.41. The zero-order chi connectivity index (χ0) is 29.3. The van der Waals surface area contributed by atoms with Gasteiger partial charge in [0.1, 0.15) is 17.0 Å². The highest BCUT2D eigenvalue weighted by Gasteiger charge is 2.56. The monoisotopic (exact) mass is 561 g/mol. The molecule has 4 amide bonds. The molecule has 2 saturated heterocycles. The molecule has 218 valence electrons. The molecule has 0 saturated carbocycles. The van der Waals surface area contributed by atoms with E-state index in [1.165, 1.54) is 4.90 Å². The van der Waals surface area contributed by atoms with Crippen LogP contribution >= 0.6 is 0 Å². The number of hydrogen-bond acceptors (Lipinski definition) is 6. The number of aromatic amines is 1. The van der Waals surface area contributed by atoms with Crippen LogP contribution in [0.15, 0.2) is 42.5 Å². The van der Waals surface area contributed by atoms with Gasteiger partial charge in [0, 0.05) is 62.7 Å². The summed E-state index contributed by atoms with van der Waals surface area (Å²) in [5.74, 6) is 1.11. The van der Waals surface area contributed by atoms with Crippen LogP contribution in [0.4, 0.5) is 4.79 Å². The van der Waals surface area contributed by atoms with Gasteiger partial charge in [-0.25, -0.2) is 4.79 Å². The van der Waals surface area contributed by atoms with E-state index >= 15 is 0 Å². The Hall–Kier alpha value is -4.05. The van der Waals surface area contributed by atoms with Gasteiger partial charge in [0.15, 0.2) is 0 Å². The van der Waals surface area contributed by atoms with Gasteiger partial charge in [-0.1, -0.05) is 12.1 Å². The molecule has 3 aliphatic heterocycles. The Morgan fingerprint density at radius 1 is 1.07 bits per heavy atom. The third kappa shape index (κ3) is 5.61. The fraction of sp³-hybridized carbons (Fsp3) is 0.452. The molecule has 3 aliphatic rings. The number of carbonyl (C=O) groups is 3. The number of methoxy groups -OCH3 is 1. The molecule has 0 spiro atoms. The number of fused-ring (bicyclic) bond motifs is 4. The summed E-state index contributed by atoms with van der Waals surface area (Å²) < 4.78 is 5.38. The molecule has 4 heterocycles.